The number of esters is 1. The van der Waals surface area contributed by atoms with Crippen LogP contribution in [0.15, 0.2) is 54.7 Å². The number of benzene rings is 2. The summed E-state index contributed by atoms with van der Waals surface area (Å²) in [5, 5.41) is 14.1. The molecule has 2 amide bonds. The molecule has 0 saturated heterocycles. The van der Waals surface area contributed by atoms with E-state index in [1.807, 2.05) is 6.07 Å². The van der Waals surface area contributed by atoms with Crippen molar-refractivity contribution in [3.8, 4) is 11.8 Å². The fraction of sp³-hybridized carbons (Fsp3) is 0.192. The van der Waals surface area contributed by atoms with E-state index in [0.717, 1.165) is 6.07 Å². The van der Waals surface area contributed by atoms with Gasteiger partial charge in [0.2, 0.25) is 0 Å². The molecule has 4 rings (SSSR count). The predicted molar refractivity (Wildman–Crippen MR) is 129 cm³/mol. The van der Waals surface area contributed by atoms with Gasteiger partial charge in [-0.1, -0.05) is 13.0 Å². The van der Waals surface area contributed by atoms with E-state index in [-0.39, 0.29) is 40.5 Å². The van der Waals surface area contributed by atoms with Gasteiger partial charge in [-0.2, -0.15) is 5.26 Å². The van der Waals surface area contributed by atoms with E-state index < -0.39 is 29.8 Å². The Morgan fingerprint density at radius 1 is 1.22 bits per heavy atom. The van der Waals surface area contributed by atoms with Crippen molar-refractivity contribution in [1.29, 1.82) is 5.26 Å². The van der Waals surface area contributed by atoms with Crippen molar-refractivity contribution >= 4 is 29.3 Å². The highest BCUT2D eigenvalue weighted by Gasteiger charge is 2.44. The zero-order valence-corrected chi connectivity index (χ0v) is 19.2. The third kappa shape index (κ3) is 5.31. The first kappa shape index (κ1) is 24.3. The molecule has 0 radical (unpaired) electrons. The van der Waals surface area contributed by atoms with Crippen molar-refractivity contribution in [2.24, 2.45) is 0 Å². The summed E-state index contributed by atoms with van der Waals surface area (Å²) in [5.74, 6) is -2.19. The molecule has 3 aromatic rings. The smallest absolute Gasteiger partial charge is 0.343 e. The molecule has 1 saturated carbocycles. The minimum absolute atomic E-state index is 0.0494. The highest BCUT2D eigenvalue weighted by atomic mass is 19.1. The minimum atomic E-state index is -0.783. The number of aromatic nitrogens is 1. The Balaban J connectivity index is 1.56. The van der Waals surface area contributed by atoms with Gasteiger partial charge in [-0.15, -0.1) is 0 Å². The number of anilines is 2. The number of carbonyl (C=O) groups is 3. The van der Waals surface area contributed by atoms with Gasteiger partial charge in [0.15, 0.2) is 5.78 Å². The van der Waals surface area contributed by atoms with Crippen LogP contribution >= 0.6 is 0 Å². The van der Waals surface area contributed by atoms with E-state index in [1.165, 1.54) is 36.5 Å². The van der Waals surface area contributed by atoms with Crippen LogP contribution in [0.2, 0.25) is 0 Å². The van der Waals surface area contributed by atoms with E-state index in [2.05, 4.69) is 15.6 Å². The monoisotopic (exact) mass is 487 g/mol. The Bertz CT molecular complexity index is 1380. The van der Waals surface area contributed by atoms with Crippen LogP contribution < -0.4 is 21.1 Å². The van der Waals surface area contributed by atoms with Crippen LogP contribution in [-0.4, -0.2) is 28.8 Å². The summed E-state index contributed by atoms with van der Waals surface area (Å²) >= 11 is 0. The highest BCUT2D eigenvalue weighted by Crippen LogP contribution is 2.47. The van der Waals surface area contributed by atoms with E-state index in [0.29, 0.717) is 17.7 Å². The number of nitrogens with one attached hydrogen (secondary N) is 2. The van der Waals surface area contributed by atoms with E-state index in [4.69, 9.17) is 15.7 Å². The third-order valence-electron chi connectivity index (χ3n) is 5.69. The van der Waals surface area contributed by atoms with Gasteiger partial charge in [-0.3, -0.25) is 10.1 Å². The second kappa shape index (κ2) is 10.2. The number of rotatable bonds is 7. The summed E-state index contributed by atoms with van der Waals surface area (Å²) in [5.41, 5.74) is 6.74. The molecule has 0 bridgehead atoms. The molecule has 36 heavy (non-hydrogen) atoms. The van der Waals surface area contributed by atoms with E-state index in [1.54, 1.807) is 19.1 Å². The van der Waals surface area contributed by atoms with Gasteiger partial charge >= 0.3 is 12.0 Å². The molecule has 1 heterocycles. The number of urea groups is 1. The number of pyridine rings is 1. The molecular formula is C26H22FN5O4. The molecule has 4 N–H and O–H groups in total. The lowest BCUT2D eigenvalue weighted by Gasteiger charge is -2.15. The maximum Gasteiger partial charge on any atom is 0.343 e. The number of nitrogen functional groups attached to an aromatic ring is 1. The van der Waals surface area contributed by atoms with Crippen molar-refractivity contribution in [2.45, 2.75) is 31.7 Å². The number of hydrogen-bond donors (Lipinski definition) is 3. The second-order valence-electron chi connectivity index (χ2n) is 8.22. The Morgan fingerprint density at radius 3 is 2.69 bits per heavy atom. The van der Waals surface area contributed by atoms with Crippen LogP contribution in [0.5, 0.6) is 5.75 Å². The zero-order chi connectivity index (χ0) is 25.8. The Morgan fingerprint density at radius 2 is 2.03 bits per heavy atom. The SMILES string of the molecule is CCC(=O)c1ccc(F)c(C2CC2NC(=O)Nc2ccc(C#N)cn2)c1OC(=O)c1cccc(N)c1. The fourth-order valence-corrected chi connectivity index (χ4v) is 3.79. The quantitative estimate of drug-likeness (QED) is 0.196. The fourth-order valence-electron chi connectivity index (χ4n) is 3.79. The number of ether oxygens (including phenoxy) is 1. The molecule has 2 unspecified atom stereocenters. The van der Waals surface area contributed by atoms with Crippen LogP contribution in [0.1, 0.15) is 57.5 Å². The summed E-state index contributed by atoms with van der Waals surface area (Å²) in [6.07, 6.45) is 1.82. The van der Waals surface area contributed by atoms with Crippen LogP contribution in [0.4, 0.5) is 20.7 Å². The largest absolute Gasteiger partial charge is 0.422 e. The van der Waals surface area contributed by atoms with Gasteiger partial charge in [-0.05, 0) is 48.9 Å². The van der Waals surface area contributed by atoms with Crippen LogP contribution in [0.3, 0.4) is 0 Å². The standard InChI is InChI=1S/C26H22FN5O4/c1-2-21(33)17-7-8-19(27)23(24(17)36-25(34)15-4-3-5-16(29)10-15)18-11-20(18)31-26(35)32-22-9-6-14(12-28)13-30-22/h3-10,13,18,20H,2,11,29H2,1H3,(H2,30,31,32,35). The number of halogens is 1. The first-order chi connectivity index (χ1) is 17.3. The molecule has 0 aliphatic heterocycles. The molecule has 182 valence electrons. The molecule has 1 aliphatic carbocycles. The Labute approximate surface area is 206 Å². The van der Waals surface area contributed by atoms with Crippen molar-refractivity contribution < 1.29 is 23.5 Å². The molecular weight excluding hydrogens is 465 g/mol. The van der Waals surface area contributed by atoms with Crippen LogP contribution in [0, 0.1) is 17.1 Å². The summed E-state index contributed by atoms with van der Waals surface area (Å²) in [6, 6.07) is 12.5. The topological polar surface area (TPSA) is 147 Å². The third-order valence-corrected chi connectivity index (χ3v) is 5.69. The molecule has 0 spiro atoms. The summed E-state index contributed by atoms with van der Waals surface area (Å²) < 4.78 is 20.6. The molecule has 2 atom stereocenters. The van der Waals surface area contributed by atoms with Crippen LogP contribution in [-0.2, 0) is 0 Å². The summed E-state index contributed by atoms with van der Waals surface area (Å²) in [7, 11) is 0. The molecule has 10 heteroatoms. The maximum atomic E-state index is 15.0. The Kier molecular flexibility index (Phi) is 6.92. The van der Waals surface area contributed by atoms with Gasteiger partial charge in [-0.25, -0.2) is 19.0 Å². The lowest BCUT2D eigenvalue weighted by atomic mass is 9.99. The second-order valence-corrected chi connectivity index (χ2v) is 8.22. The highest BCUT2D eigenvalue weighted by molar-refractivity contribution is 6.01. The van der Waals surface area contributed by atoms with Crippen molar-refractivity contribution in [3.05, 3.63) is 82.8 Å². The van der Waals surface area contributed by atoms with Gasteiger partial charge in [0.1, 0.15) is 23.5 Å². The number of nitrogens with zero attached hydrogens (tertiary/aromatic N) is 2. The van der Waals surface area contributed by atoms with Gasteiger partial charge < -0.3 is 15.8 Å². The first-order valence-corrected chi connectivity index (χ1v) is 11.2. The number of carbonyl (C=O) groups excluding carboxylic acids is 3. The zero-order valence-electron chi connectivity index (χ0n) is 19.2. The number of nitrogens with two attached hydrogens (primary N) is 1. The number of nitriles is 1. The van der Waals surface area contributed by atoms with Gasteiger partial charge in [0.25, 0.3) is 0 Å². The molecule has 9 nitrogen and oxygen atoms in total. The number of amides is 2. The van der Waals surface area contributed by atoms with Gasteiger partial charge in [0.05, 0.1) is 16.7 Å². The van der Waals surface area contributed by atoms with E-state index in [9.17, 15) is 14.4 Å². The molecule has 1 aliphatic rings. The normalized spacial score (nSPS) is 15.9. The van der Waals surface area contributed by atoms with Crippen LogP contribution in [0.25, 0.3) is 0 Å². The molecule has 2 aromatic carbocycles. The summed E-state index contributed by atoms with van der Waals surface area (Å²) in [6.45, 7) is 1.65. The molecule has 1 aromatic heterocycles. The lowest BCUT2D eigenvalue weighted by Crippen LogP contribution is -2.31. The predicted octanol–water partition coefficient (Wildman–Crippen LogP) is 4.16. The minimum Gasteiger partial charge on any atom is -0.422 e. The average Bonchev–Trinajstić information content (AvgIpc) is 3.62. The van der Waals surface area contributed by atoms with Gasteiger partial charge in [0, 0.05) is 35.8 Å². The van der Waals surface area contributed by atoms with Crippen molar-refractivity contribution in [2.75, 3.05) is 11.1 Å². The number of Topliss-reactive ketones (excluding diaryl/α,β-unsaturated/α-hetero) is 1. The summed E-state index contributed by atoms with van der Waals surface area (Å²) in [4.78, 5) is 41.8. The number of hydrogen-bond acceptors (Lipinski definition) is 7. The maximum absolute atomic E-state index is 15.0. The van der Waals surface area contributed by atoms with Crippen molar-refractivity contribution in [3.63, 3.8) is 0 Å². The lowest BCUT2D eigenvalue weighted by molar-refractivity contribution is 0.0730. The number of ketones is 1. The first-order valence-electron chi connectivity index (χ1n) is 11.2. The Hall–Kier alpha value is -4.78. The average molecular weight is 487 g/mol. The molecule has 1 fully saturated rings. The van der Waals surface area contributed by atoms with Crippen molar-refractivity contribution in [1.82, 2.24) is 10.3 Å². The van der Waals surface area contributed by atoms with E-state index >= 15 is 4.39 Å².